The summed E-state index contributed by atoms with van der Waals surface area (Å²) >= 11 is 5.91. The number of nitrogens with zero attached hydrogens (tertiary/aromatic N) is 2. The Labute approximate surface area is 156 Å². The van der Waals surface area contributed by atoms with Crippen molar-refractivity contribution >= 4 is 32.7 Å². The van der Waals surface area contributed by atoms with Crippen LogP contribution in [-0.2, 0) is 28.7 Å². The first-order valence-electron chi connectivity index (χ1n) is 8.23. The number of fused-ring (bicyclic) bond motifs is 1. The van der Waals surface area contributed by atoms with Gasteiger partial charge in [0.25, 0.3) is 0 Å². The molecule has 3 aromatic rings. The zero-order valence-electron chi connectivity index (χ0n) is 14.2. The summed E-state index contributed by atoms with van der Waals surface area (Å²) in [5, 5.41) is 1.13. The van der Waals surface area contributed by atoms with Gasteiger partial charge in [0.05, 0.1) is 5.75 Å². The van der Waals surface area contributed by atoms with Gasteiger partial charge in [0.1, 0.15) is 11.5 Å². The third kappa shape index (κ3) is 4.23. The fraction of sp³-hybridized carbons (Fsp3) is 0.278. The van der Waals surface area contributed by atoms with Crippen LogP contribution in [0.25, 0.3) is 11.0 Å². The van der Waals surface area contributed by atoms with Crippen molar-refractivity contribution in [1.82, 2.24) is 14.3 Å². The molecule has 1 N–H and O–H groups in total. The molecule has 2 aromatic heterocycles. The summed E-state index contributed by atoms with van der Waals surface area (Å²) < 4.78 is 42.2. The Kier molecular flexibility index (Phi) is 5.60. The summed E-state index contributed by atoms with van der Waals surface area (Å²) in [6.45, 7) is 3.09. The van der Waals surface area contributed by atoms with Crippen LogP contribution >= 0.6 is 11.6 Å². The lowest BCUT2D eigenvalue weighted by molar-refractivity contribution is 0.580. The molecular weight excluding hydrogens is 377 g/mol. The third-order valence-corrected chi connectivity index (χ3v) is 5.82. The molecule has 0 radical (unpaired) electrons. The highest BCUT2D eigenvalue weighted by molar-refractivity contribution is 7.88. The van der Waals surface area contributed by atoms with Gasteiger partial charge in [-0.1, -0.05) is 17.7 Å². The molecule has 0 saturated carbocycles. The van der Waals surface area contributed by atoms with Gasteiger partial charge in [-0.25, -0.2) is 22.5 Å². The van der Waals surface area contributed by atoms with Crippen LogP contribution in [0.4, 0.5) is 4.39 Å². The number of rotatable bonds is 7. The molecule has 0 bridgehead atoms. The number of halogens is 2. The van der Waals surface area contributed by atoms with Crippen LogP contribution < -0.4 is 4.72 Å². The number of hydrogen-bond acceptors (Lipinski definition) is 3. The van der Waals surface area contributed by atoms with Crippen LogP contribution in [0.2, 0.25) is 5.02 Å². The number of nitrogens with one attached hydrogen (secondary N) is 1. The van der Waals surface area contributed by atoms with Gasteiger partial charge in [-0.05, 0) is 48.7 Å². The minimum atomic E-state index is -3.57. The maximum Gasteiger partial charge on any atom is 0.215 e. The standard InChI is InChI=1S/C18H19ClFN3O2S/c1-2-23-11-13(16-4-3-8-21-18(16)23)7-9-22-26(24,25)12-14-5-6-15(20)10-17(14)19/h3-6,8,10-11,22H,2,7,9,12H2,1H3. The molecule has 26 heavy (non-hydrogen) atoms. The van der Waals surface area contributed by atoms with E-state index in [1.807, 2.05) is 29.8 Å². The van der Waals surface area contributed by atoms with Crippen molar-refractivity contribution in [3.05, 3.63) is 64.7 Å². The molecule has 0 amide bonds. The summed E-state index contributed by atoms with van der Waals surface area (Å²) in [4.78, 5) is 4.38. The van der Waals surface area contributed by atoms with E-state index in [4.69, 9.17) is 11.6 Å². The fourth-order valence-electron chi connectivity index (χ4n) is 2.87. The summed E-state index contributed by atoms with van der Waals surface area (Å²) in [5.74, 6) is -0.783. The Morgan fingerprint density at radius 1 is 1.27 bits per heavy atom. The summed E-state index contributed by atoms with van der Waals surface area (Å²) in [6.07, 6.45) is 4.29. The highest BCUT2D eigenvalue weighted by atomic mass is 35.5. The smallest absolute Gasteiger partial charge is 0.215 e. The molecule has 5 nitrogen and oxygen atoms in total. The molecule has 0 aliphatic heterocycles. The van der Waals surface area contributed by atoms with E-state index in [0.717, 1.165) is 29.2 Å². The van der Waals surface area contributed by atoms with Crippen LogP contribution in [-0.4, -0.2) is 24.5 Å². The Hall–Kier alpha value is -1.96. The monoisotopic (exact) mass is 395 g/mol. The van der Waals surface area contributed by atoms with Crippen molar-refractivity contribution in [3.8, 4) is 0 Å². The van der Waals surface area contributed by atoms with Crippen LogP contribution in [0.3, 0.4) is 0 Å². The zero-order chi connectivity index (χ0) is 18.7. The minimum absolute atomic E-state index is 0.104. The predicted molar refractivity (Wildman–Crippen MR) is 101 cm³/mol. The number of benzene rings is 1. The highest BCUT2D eigenvalue weighted by Gasteiger charge is 2.15. The molecule has 0 atom stereocenters. The van der Waals surface area contributed by atoms with Crippen molar-refractivity contribution in [1.29, 1.82) is 0 Å². The topological polar surface area (TPSA) is 64.0 Å². The van der Waals surface area contributed by atoms with Gasteiger partial charge in [0.15, 0.2) is 0 Å². The molecule has 0 aliphatic rings. The molecule has 2 heterocycles. The molecule has 0 fully saturated rings. The van der Waals surface area contributed by atoms with E-state index < -0.39 is 15.8 Å². The molecular formula is C18H19ClFN3O2S. The Bertz CT molecular complexity index is 1030. The third-order valence-electron chi connectivity index (χ3n) is 4.13. The zero-order valence-corrected chi connectivity index (χ0v) is 15.8. The van der Waals surface area contributed by atoms with Crippen molar-refractivity contribution in [2.24, 2.45) is 0 Å². The van der Waals surface area contributed by atoms with Gasteiger partial charge in [-0.3, -0.25) is 0 Å². The molecule has 8 heteroatoms. The Balaban J connectivity index is 1.67. The predicted octanol–water partition coefficient (Wildman–Crippen LogP) is 3.51. The molecule has 1 aromatic carbocycles. The average Bonchev–Trinajstić information content (AvgIpc) is 2.95. The van der Waals surface area contributed by atoms with E-state index >= 15 is 0 Å². The number of sulfonamides is 1. The van der Waals surface area contributed by atoms with Gasteiger partial charge in [0.2, 0.25) is 10.0 Å². The van der Waals surface area contributed by atoms with Crippen LogP contribution in [0.5, 0.6) is 0 Å². The largest absolute Gasteiger partial charge is 0.333 e. The van der Waals surface area contributed by atoms with Gasteiger partial charge in [-0.2, -0.15) is 0 Å². The van der Waals surface area contributed by atoms with Gasteiger partial charge < -0.3 is 4.57 Å². The molecule has 138 valence electrons. The first-order valence-corrected chi connectivity index (χ1v) is 10.3. The highest BCUT2D eigenvalue weighted by Crippen LogP contribution is 2.21. The molecule has 0 aliphatic carbocycles. The normalized spacial score (nSPS) is 12.0. The molecule has 3 rings (SSSR count). The first-order chi connectivity index (χ1) is 12.4. The van der Waals surface area contributed by atoms with Crippen molar-refractivity contribution in [3.63, 3.8) is 0 Å². The maximum atomic E-state index is 13.1. The van der Waals surface area contributed by atoms with E-state index in [2.05, 4.69) is 9.71 Å². The van der Waals surface area contributed by atoms with E-state index in [1.54, 1.807) is 6.20 Å². The number of hydrogen-bond donors (Lipinski definition) is 1. The first kappa shape index (κ1) is 18.8. The second-order valence-electron chi connectivity index (χ2n) is 5.95. The lowest BCUT2D eigenvalue weighted by Crippen LogP contribution is -2.27. The van der Waals surface area contributed by atoms with Gasteiger partial charge in [0, 0.05) is 35.9 Å². The van der Waals surface area contributed by atoms with E-state index in [9.17, 15) is 12.8 Å². The average molecular weight is 396 g/mol. The van der Waals surface area contributed by atoms with Crippen molar-refractivity contribution in [2.45, 2.75) is 25.6 Å². The fourth-order valence-corrected chi connectivity index (χ4v) is 4.36. The van der Waals surface area contributed by atoms with Gasteiger partial charge in [-0.15, -0.1) is 0 Å². The second-order valence-corrected chi connectivity index (χ2v) is 8.17. The Morgan fingerprint density at radius 3 is 2.81 bits per heavy atom. The lowest BCUT2D eigenvalue weighted by Gasteiger charge is -2.08. The SMILES string of the molecule is CCn1cc(CCNS(=O)(=O)Cc2ccc(F)cc2Cl)c2cccnc21. The summed E-state index contributed by atoms with van der Waals surface area (Å²) in [6, 6.07) is 7.54. The maximum absolute atomic E-state index is 13.1. The minimum Gasteiger partial charge on any atom is -0.333 e. The quantitative estimate of drug-likeness (QED) is 0.665. The van der Waals surface area contributed by atoms with Crippen molar-refractivity contribution in [2.75, 3.05) is 6.54 Å². The number of aromatic nitrogens is 2. The van der Waals surface area contributed by atoms with E-state index in [1.165, 1.54) is 12.1 Å². The Morgan fingerprint density at radius 2 is 2.08 bits per heavy atom. The second kappa shape index (κ2) is 7.73. The summed E-state index contributed by atoms with van der Waals surface area (Å²) in [5.41, 5.74) is 2.30. The summed E-state index contributed by atoms with van der Waals surface area (Å²) in [7, 11) is -3.57. The molecule has 0 spiro atoms. The van der Waals surface area contributed by atoms with Crippen LogP contribution in [0.1, 0.15) is 18.1 Å². The number of aryl methyl sites for hydroxylation is 1. The van der Waals surface area contributed by atoms with Crippen molar-refractivity contribution < 1.29 is 12.8 Å². The number of pyridine rings is 1. The molecule has 0 unspecified atom stereocenters. The van der Waals surface area contributed by atoms with E-state index in [0.29, 0.717) is 12.0 Å². The van der Waals surface area contributed by atoms with Crippen LogP contribution in [0.15, 0.2) is 42.7 Å². The lowest BCUT2D eigenvalue weighted by atomic mass is 10.2. The molecule has 0 saturated heterocycles. The van der Waals surface area contributed by atoms with Crippen LogP contribution in [0, 0.1) is 5.82 Å². The van der Waals surface area contributed by atoms with Gasteiger partial charge >= 0.3 is 0 Å². The van der Waals surface area contributed by atoms with E-state index in [-0.39, 0.29) is 17.3 Å².